The second kappa shape index (κ2) is 5.28. The van der Waals surface area contributed by atoms with Gasteiger partial charge in [-0.05, 0) is 45.2 Å². The largest absolute Gasteiger partial charge is 0.378 e. The van der Waals surface area contributed by atoms with E-state index in [-0.39, 0.29) is 0 Å². The molecule has 0 radical (unpaired) electrons. The Morgan fingerprint density at radius 2 is 1.67 bits per heavy atom. The molecule has 82 valence electrons. The summed E-state index contributed by atoms with van der Waals surface area (Å²) in [6.07, 6.45) is 0. The predicted octanol–water partition coefficient (Wildman–Crippen LogP) is 2.18. The summed E-state index contributed by atoms with van der Waals surface area (Å²) >= 11 is 10.3. The number of morpholine rings is 1. The van der Waals surface area contributed by atoms with E-state index in [2.05, 4.69) is 60.0 Å². The molecule has 2 heterocycles. The van der Waals surface area contributed by atoms with E-state index in [1.165, 1.54) is 0 Å². The van der Waals surface area contributed by atoms with Crippen molar-refractivity contribution in [3.63, 3.8) is 0 Å². The Kier molecular flexibility index (Phi) is 4.24. The summed E-state index contributed by atoms with van der Waals surface area (Å²) in [6.45, 7) is 3.15. The minimum absolute atomic E-state index is 0.633. The summed E-state index contributed by atoms with van der Waals surface area (Å²) in [7, 11) is 0. The van der Waals surface area contributed by atoms with E-state index < -0.39 is 0 Å². The molecule has 1 saturated heterocycles. The summed E-state index contributed by atoms with van der Waals surface area (Å²) in [5.74, 6) is 0.747. The van der Waals surface area contributed by atoms with E-state index >= 15 is 0 Å². The first kappa shape index (κ1) is 12.1. The van der Waals surface area contributed by atoms with E-state index in [9.17, 15) is 0 Å². The summed E-state index contributed by atoms with van der Waals surface area (Å²) in [5, 5.41) is 0.633. The summed E-state index contributed by atoms with van der Waals surface area (Å²) in [5.41, 5.74) is 0. The van der Waals surface area contributed by atoms with Crippen molar-refractivity contribution in [1.82, 2.24) is 9.97 Å². The molecule has 0 saturated carbocycles. The third kappa shape index (κ3) is 2.83. The molecular weight excluding hydrogens is 443 g/mol. The van der Waals surface area contributed by atoms with Gasteiger partial charge in [-0.25, -0.2) is 9.97 Å². The molecule has 0 bridgehead atoms. The van der Waals surface area contributed by atoms with Crippen LogP contribution in [-0.4, -0.2) is 36.3 Å². The van der Waals surface area contributed by atoms with Gasteiger partial charge < -0.3 is 9.64 Å². The zero-order valence-corrected chi connectivity index (χ0v) is 12.8. The second-order valence-electron chi connectivity index (χ2n) is 3.02. The zero-order valence-electron chi connectivity index (χ0n) is 7.71. The fourth-order valence-electron chi connectivity index (χ4n) is 1.29. The summed E-state index contributed by atoms with van der Waals surface area (Å²) in [4.78, 5) is 10.8. The van der Waals surface area contributed by atoms with Crippen molar-refractivity contribution >= 4 is 62.7 Å². The number of ether oxygens (including phenoxy) is 1. The van der Waals surface area contributed by atoms with Gasteiger partial charge in [0.25, 0.3) is 0 Å². The van der Waals surface area contributed by atoms with Crippen LogP contribution < -0.4 is 4.90 Å². The summed E-state index contributed by atoms with van der Waals surface area (Å²) < 4.78 is 6.88. The Labute approximate surface area is 120 Å². The number of rotatable bonds is 1. The first-order chi connectivity index (χ1) is 7.18. The van der Waals surface area contributed by atoms with Gasteiger partial charge >= 0.3 is 0 Å². The first-order valence-corrected chi connectivity index (χ1v) is 6.93. The number of anilines is 1. The highest BCUT2D eigenvalue weighted by molar-refractivity contribution is 14.1. The van der Waals surface area contributed by atoms with Gasteiger partial charge in [-0.1, -0.05) is 11.6 Å². The zero-order chi connectivity index (χ0) is 10.8. The van der Waals surface area contributed by atoms with Crippen molar-refractivity contribution in [1.29, 1.82) is 0 Å². The van der Waals surface area contributed by atoms with E-state index in [1.54, 1.807) is 0 Å². The lowest BCUT2D eigenvalue weighted by Gasteiger charge is -2.26. The van der Waals surface area contributed by atoms with Crippen LogP contribution in [0.15, 0.2) is 0 Å². The fourth-order valence-corrected chi connectivity index (χ4v) is 2.83. The molecule has 0 aliphatic carbocycles. The summed E-state index contributed by atoms with van der Waals surface area (Å²) in [6, 6.07) is 0. The number of hydrogen-bond donors (Lipinski definition) is 0. The van der Waals surface area contributed by atoms with Gasteiger partial charge in [0, 0.05) is 13.1 Å². The Morgan fingerprint density at radius 3 is 2.20 bits per heavy atom. The minimum atomic E-state index is 0.633. The molecule has 0 N–H and O–H groups in total. The molecule has 1 aliphatic rings. The highest BCUT2D eigenvalue weighted by atomic mass is 127. The van der Waals surface area contributed by atoms with Crippen LogP contribution in [0.2, 0.25) is 5.02 Å². The predicted molar refractivity (Wildman–Crippen MR) is 75.5 cm³/mol. The minimum Gasteiger partial charge on any atom is -0.378 e. The molecule has 0 spiro atoms. The van der Waals surface area contributed by atoms with Gasteiger partial charge in [0.2, 0.25) is 5.95 Å². The Balaban J connectivity index is 2.27. The lowest BCUT2D eigenvalue weighted by Crippen LogP contribution is -2.37. The van der Waals surface area contributed by atoms with Gasteiger partial charge in [0.1, 0.15) is 12.4 Å². The highest BCUT2D eigenvalue weighted by Crippen LogP contribution is 2.24. The average molecular weight is 451 g/mol. The third-order valence-electron chi connectivity index (χ3n) is 2.05. The fraction of sp³-hybridized carbons (Fsp3) is 0.500. The molecule has 1 fully saturated rings. The smallest absolute Gasteiger partial charge is 0.227 e. The van der Waals surface area contributed by atoms with Gasteiger partial charge in [-0.3, -0.25) is 0 Å². The van der Waals surface area contributed by atoms with Crippen molar-refractivity contribution in [2.45, 2.75) is 0 Å². The van der Waals surface area contributed by atoms with Gasteiger partial charge in [-0.2, -0.15) is 0 Å². The first-order valence-electron chi connectivity index (χ1n) is 4.39. The van der Waals surface area contributed by atoms with E-state index in [0.717, 1.165) is 39.7 Å². The van der Waals surface area contributed by atoms with E-state index in [0.29, 0.717) is 5.02 Å². The molecule has 1 aromatic rings. The molecule has 0 aromatic carbocycles. The molecule has 1 aromatic heterocycles. The standard InChI is InChI=1S/C8H8ClI2N3O/c9-5-6(10)12-8(13-7(5)11)14-1-3-15-4-2-14/h1-4H2. The van der Waals surface area contributed by atoms with Crippen molar-refractivity contribution in [3.8, 4) is 0 Å². The SMILES string of the molecule is Clc1c(I)nc(N2CCOCC2)nc1I. The quantitative estimate of drug-likeness (QED) is 0.485. The van der Waals surface area contributed by atoms with Crippen molar-refractivity contribution in [3.05, 3.63) is 12.4 Å². The lowest BCUT2D eigenvalue weighted by atomic mass is 10.4. The Morgan fingerprint density at radius 1 is 1.13 bits per heavy atom. The van der Waals surface area contributed by atoms with Gasteiger partial charge in [0.05, 0.1) is 13.2 Å². The average Bonchev–Trinajstić information content (AvgIpc) is 2.26. The van der Waals surface area contributed by atoms with E-state index in [1.807, 2.05) is 0 Å². The van der Waals surface area contributed by atoms with Crippen molar-refractivity contribution < 1.29 is 4.74 Å². The van der Waals surface area contributed by atoms with Crippen LogP contribution in [-0.2, 0) is 4.74 Å². The van der Waals surface area contributed by atoms with Crippen molar-refractivity contribution in [2.75, 3.05) is 31.2 Å². The maximum atomic E-state index is 6.01. The van der Waals surface area contributed by atoms with Crippen LogP contribution in [0.1, 0.15) is 0 Å². The monoisotopic (exact) mass is 451 g/mol. The maximum absolute atomic E-state index is 6.01. The topological polar surface area (TPSA) is 38.2 Å². The molecular formula is C8H8ClI2N3O. The van der Waals surface area contributed by atoms with E-state index in [4.69, 9.17) is 16.3 Å². The number of aromatic nitrogens is 2. The normalized spacial score (nSPS) is 16.9. The molecule has 2 rings (SSSR count). The van der Waals surface area contributed by atoms with Crippen molar-refractivity contribution in [2.24, 2.45) is 0 Å². The lowest BCUT2D eigenvalue weighted by molar-refractivity contribution is 0.122. The maximum Gasteiger partial charge on any atom is 0.227 e. The van der Waals surface area contributed by atoms with Gasteiger partial charge in [0.15, 0.2) is 0 Å². The molecule has 0 atom stereocenters. The van der Waals surface area contributed by atoms with Crippen LogP contribution in [0.4, 0.5) is 5.95 Å². The number of halogens is 3. The molecule has 0 unspecified atom stereocenters. The van der Waals surface area contributed by atoms with Crippen LogP contribution in [0, 0.1) is 7.40 Å². The molecule has 15 heavy (non-hydrogen) atoms. The van der Waals surface area contributed by atoms with Crippen LogP contribution in [0.25, 0.3) is 0 Å². The van der Waals surface area contributed by atoms with Crippen LogP contribution in [0.5, 0.6) is 0 Å². The molecule has 1 aliphatic heterocycles. The van der Waals surface area contributed by atoms with Crippen LogP contribution >= 0.6 is 56.8 Å². The van der Waals surface area contributed by atoms with Gasteiger partial charge in [-0.15, -0.1) is 0 Å². The number of hydrogen-bond acceptors (Lipinski definition) is 4. The number of nitrogens with zero attached hydrogens (tertiary/aromatic N) is 3. The molecule has 0 amide bonds. The molecule has 7 heteroatoms. The second-order valence-corrected chi connectivity index (χ2v) is 5.44. The van der Waals surface area contributed by atoms with Crippen LogP contribution in [0.3, 0.4) is 0 Å². The molecule has 4 nitrogen and oxygen atoms in total. The highest BCUT2D eigenvalue weighted by Gasteiger charge is 2.16. The Hall–Kier alpha value is 0.590. The Bertz CT molecular complexity index is 348. The third-order valence-corrected chi connectivity index (χ3v) is 4.61.